The van der Waals surface area contributed by atoms with E-state index >= 15 is 0 Å². The number of carbonyl (C=O) groups excluding carboxylic acids is 1. The number of hydrogen-bond donors (Lipinski definition) is 0. The van der Waals surface area contributed by atoms with Crippen LogP contribution in [0, 0.1) is 0 Å². The van der Waals surface area contributed by atoms with Crippen LogP contribution in [-0.4, -0.2) is 70.4 Å². The standard InChI is InChI=1S/C12H21N6OP/c1-15(2)20(16(3)4,17(5)10-19)18-12-9-7-6-8-11(12)13-14-18/h6-10,20H,1-5H3. The van der Waals surface area contributed by atoms with Gasteiger partial charge in [-0.2, -0.15) is 0 Å². The van der Waals surface area contributed by atoms with Crippen LogP contribution in [0.2, 0.25) is 0 Å². The average molecular weight is 296 g/mol. The molecule has 0 N–H and O–H groups in total. The van der Waals surface area contributed by atoms with Crippen LogP contribution in [0.15, 0.2) is 24.3 Å². The van der Waals surface area contributed by atoms with E-state index in [1.807, 2.05) is 56.9 Å². The number of carbonyl (C=O) groups is 1. The van der Waals surface area contributed by atoms with Gasteiger partial charge in [-0.1, -0.05) is 0 Å². The van der Waals surface area contributed by atoms with Gasteiger partial charge in [0.05, 0.1) is 0 Å². The van der Waals surface area contributed by atoms with Crippen LogP contribution in [0.1, 0.15) is 0 Å². The average Bonchev–Trinajstić information content (AvgIpc) is 2.83. The van der Waals surface area contributed by atoms with E-state index in [2.05, 4.69) is 19.7 Å². The predicted octanol–water partition coefficient (Wildman–Crippen LogP) is 0.901. The zero-order valence-electron chi connectivity index (χ0n) is 12.5. The Labute approximate surface area is 119 Å². The molecule has 0 fully saturated rings. The van der Waals surface area contributed by atoms with Crippen molar-refractivity contribution in [3.05, 3.63) is 24.3 Å². The Bertz CT molecular complexity index is 603. The first-order valence-electron chi connectivity index (χ1n) is 6.30. The third-order valence-electron chi connectivity index (χ3n) is 3.47. The number of aromatic nitrogens is 3. The zero-order valence-corrected chi connectivity index (χ0v) is 13.5. The van der Waals surface area contributed by atoms with Gasteiger partial charge in [0.2, 0.25) is 0 Å². The topological polar surface area (TPSA) is 57.5 Å². The Hall–Kier alpha value is -1.56. The third-order valence-corrected chi connectivity index (χ3v) is 7.82. The molecular weight excluding hydrogens is 275 g/mol. The van der Waals surface area contributed by atoms with E-state index in [1.165, 1.54) is 0 Å². The van der Waals surface area contributed by atoms with Crippen molar-refractivity contribution in [3.63, 3.8) is 0 Å². The van der Waals surface area contributed by atoms with Crippen molar-refractivity contribution >= 4 is 25.3 Å². The minimum absolute atomic E-state index is 0.826. The predicted molar refractivity (Wildman–Crippen MR) is 82.4 cm³/mol. The molecule has 0 bridgehead atoms. The van der Waals surface area contributed by atoms with Crippen LogP contribution in [0.3, 0.4) is 0 Å². The molecule has 1 amide bonds. The molecule has 0 saturated heterocycles. The van der Waals surface area contributed by atoms with Crippen LogP contribution in [0.25, 0.3) is 11.0 Å². The molecule has 0 unspecified atom stereocenters. The molecular formula is C12H21N6OP. The van der Waals surface area contributed by atoms with Gasteiger partial charge in [0.15, 0.2) is 0 Å². The Morgan fingerprint density at radius 2 is 1.70 bits per heavy atom. The maximum absolute atomic E-state index is 11.4. The van der Waals surface area contributed by atoms with Gasteiger partial charge in [0.25, 0.3) is 0 Å². The number of amides is 1. The molecule has 0 spiro atoms. The van der Waals surface area contributed by atoms with E-state index in [9.17, 15) is 4.79 Å². The summed E-state index contributed by atoms with van der Waals surface area (Å²) in [4.78, 5) is 11.4. The Balaban J connectivity index is 2.77. The number of hydrogen-bond acceptors (Lipinski definition) is 5. The fraction of sp³-hybridized carbons (Fsp3) is 0.417. The molecule has 20 heavy (non-hydrogen) atoms. The van der Waals surface area contributed by atoms with Crippen LogP contribution < -0.4 is 0 Å². The van der Waals surface area contributed by atoms with Crippen molar-refractivity contribution in [1.29, 1.82) is 0 Å². The summed E-state index contributed by atoms with van der Waals surface area (Å²) in [7, 11) is 6.96. The fourth-order valence-corrected chi connectivity index (χ4v) is 6.66. The Kier molecular flexibility index (Phi) is 4.04. The van der Waals surface area contributed by atoms with Gasteiger partial charge in [-0.05, 0) is 0 Å². The molecule has 0 aliphatic heterocycles. The first-order chi connectivity index (χ1) is 9.46. The van der Waals surface area contributed by atoms with E-state index in [4.69, 9.17) is 0 Å². The van der Waals surface area contributed by atoms with Crippen LogP contribution in [0.5, 0.6) is 0 Å². The fourth-order valence-electron chi connectivity index (χ4n) is 2.72. The van der Waals surface area contributed by atoms with Crippen LogP contribution >= 0.6 is 7.87 Å². The van der Waals surface area contributed by atoms with Crippen molar-refractivity contribution in [1.82, 2.24) is 28.8 Å². The SMILES string of the molecule is CN(C)[PH](N(C)C)(N(C)C=O)n1nnc2ccccc21. The van der Waals surface area contributed by atoms with Crippen LogP contribution in [-0.2, 0) is 4.79 Å². The third kappa shape index (κ3) is 1.98. The molecule has 1 heterocycles. The number of benzene rings is 1. The number of rotatable bonds is 5. The van der Waals surface area contributed by atoms with Gasteiger partial charge in [0.1, 0.15) is 0 Å². The van der Waals surface area contributed by atoms with Crippen molar-refractivity contribution in [2.45, 2.75) is 0 Å². The van der Waals surface area contributed by atoms with Gasteiger partial charge in [-0.3, -0.25) is 0 Å². The summed E-state index contributed by atoms with van der Waals surface area (Å²) in [6, 6.07) is 7.78. The van der Waals surface area contributed by atoms with Gasteiger partial charge >= 0.3 is 118 Å². The van der Waals surface area contributed by atoms with Gasteiger partial charge in [-0.25, -0.2) is 0 Å². The minimum atomic E-state index is -2.67. The summed E-state index contributed by atoms with van der Waals surface area (Å²) in [6.45, 7) is 0. The molecule has 8 heteroatoms. The second-order valence-electron chi connectivity index (χ2n) is 5.10. The second kappa shape index (κ2) is 5.44. The molecule has 0 aliphatic rings. The summed E-state index contributed by atoms with van der Waals surface area (Å²) >= 11 is 0. The van der Waals surface area contributed by atoms with E-state index in [0.29, 0.717) is 0 Å². The summed E-state index contributed by atoms with van der Waals surface area (Å²) in [6.07, 6.45) is 0.850. The molecule has 0 radical (unpaired) electrons. The summed E-state index contributed by atoms with van der Waals surface area (Å²) < 4.78 is 7.70. The zero-order chi connectivity index (χ0) is 14.9. The molecule has 7 nitrogen and oxygen atoms in total. The number of para-hydroxylation sites is 1. The van der Waals surface area contributed by atoms with E-state index in [-0.39, 0.29) is 0 Å². The molecule has 110 valence electrons. The maximum atomic E-state index is 11.4. The molecule has 2 aromatic rings. The van der Waals surface area contributed by atoms with Crippen molar-refractivity contribution < 1.29 is 4.79 Å². The van der Waals surface area contributed by atoms with Crippen molar-refractivity contribution in [2.75, 3.05) is 35.2 Å². The second-order valence-corrected chi connectivity index (χ2v) is 9.21. The summed E-state index contributed by atoms with van der Waals surface area (Å²) in [5, 5.41) is 8.54. The molecule has 0 saturated carbocycles. The molecule has 0 aliphatic carbocycles. The van der Waals surface area contributed by atoms with E-state index < -0.39 is 7.87 Å². The number of fused-ring (bicyclic) bond motifs is 1. The first kappa shape index (κ1) is 14.8. The molecule has 1 aromatic carbocycles. The Morgan fingerprint density at radius 3 is 2.25 bits per heavy atom. The van der Waals surface area contributed by atoms with Crippen molar-refractivity contribution in [3.8, 4) is 0 Å². The van der Waals surface area contributed by atoms with Gasteiger partial charge in [0, 0.05) is 0 Å². The molecule has 0 atom stereocenters. The first-order valence-corrected chi connectivity index (χ1v) is 8.09. The Morgan fingerprint density at radius 1 is 1.10 bits per heavy atom. The van der Waals surface area contributed by atoms with Gasteiger partial charge < -0.3 is 0 Å². The van der Waals surface area contributed by atoms with Crippen LogP contribution in [0.4, 0.5) is 0 Å². The number of nitrogens with zero attached hydrogens (tertiary/aromatic N) is 6. The van der Waals surface area contributed by atoms with E-state index in [0.717, 1.165) is 17.4 Å². The molecule has 1 aromatic heterocycles. The quantitative estimate of drug-likeness (QED) is 0.606. The normalized spacial score (nSPS) is 13.2. The van der Waals surface area contributed by atoms with E-state index in [1.54, 1.807) is 11.7 Å². The van der Waals surface area contributed by atoms with Gasteiger partial charge in [-0.15, -0.1) is 0 Å². The summed E-state index contributed by atoms with van der Waals surface area (Å²) in [5.74, 6) is 0. The molecule has 2 rings (SSSR count). The monoisotopic (exact) mass is 296 g/mol. The van der Waals surface area contributed by atoms with Crippen molar-refractivity contribution in [2.24, 2.45) is 0 Å². The summed E-state index contributed by atoms with van der Waals surface area (Å²) in [5.41, 5.74) is 1.75.